The molecule has 0 saturated heterocycles. The number of hydrogen-bond acceptors (Lipinski definition) is 0. The summed E-state index contributed by atoms with van der Waals surface area (Å²) in [5, 5.41) is 11.4. The molecular formula is C10H15O. The third kappa shape index (κ3) is 1.93. The minimum absolute atomic E-state index is 0.179. The van der Waals surface area contributed by atoms with Gasteiger partial charge in [0.05, 0.1) is 0 Å². The molecule has 1 aliphatic carbocycles. The first kappa shape index (κ1) is 8.54. The molecule has 2 atom stereocenters. The summed E-state index contributed by atoms with van der Waals surface area (Å²) in [6.07, 6.45) is 3.35. The smallest absolute Gasteiger partial charge is 0.118 e. The molecule has 0 N–H and O–H groups in total. The molecule has 1 nitrogen and oxygen atoms in total. The van der Waals surface area contributed by atoms with Crippen LogP contribution in [0.3, 0.4) is 0 Å². The molecule has 0 bridgehead atoms. The van der Waals surface area contributed by atoms with Crippen LogP contribution in [0.2, 0.25) is 0 Å². The maximum absolute atomic E-state index is 11.4. The van der Waals surface area contributed by atoms with E-state index in [1.165, 1.54) is 5.57 Å². The van der Waals surface area contributed by atoms with Crippen molar-refractivity contribution in [3.8, 4) is 0 Å². The summed E-state index contributed by atoms with van der Waals surface area (Å²) in [4.78, 5) is 0. The van der Waals surface area contributed by atoms with Crippen LogP contribution in [-0.4, -0.2) is 6.10 Å². The van der Waals surface area contributed by atoms with Gasteiger partial charge in [-0.15, -0.1) is 0 Å². The van der Waals surface area contributed by atoms with E-state index < -0.39 is 6.10 Å². The number of rotatable bonds is 1. The Morgan fingerprint density at radius 1 is 1.73 bits per heavy atom. The predicted octanol–water partition coefficient (Wildman–Crippen LogP) is 2.72. The van der Waals surface area contributed by atoms with E-state index in [0.29, 0.717) is 0 Å². The van der Waals surface area contributed by atoms with Crippen LogP contribution in [0.5, 0.6) is 0 Å². The lowest BCUT2D eigenvalue weighted by Crippen LogP contribution is -2.21. The molecule has 0 aromatic rings. The molecule has 0 aliphatic heterocycles. The van der Waals surface area contributed by atoms with E-state index in [1.807, 2.05) is 19.9 Å². The van der Waals surface area contributed by atoms with Crippen LogP contribution >= 0.6 is 0 Å². The van der Waals surface area contributed by atoms with Gasteiger partial charge in [0.2, 0.25) is 0 Å². The molecular weight excluding hydrogens is 136 g/mol. The van der Waals surface area contributed by atoms with Crippen molar-refractivity contribution in [2.24, 2.45) is 5.92 Å². The molecule has 61 valence electrons. The standard InChI is InChI=1S/C10H15O/c1-7(2)9-5-4-8(3)6-10(9)11/h6,9-10H,1,4-5H2,2-3H3. The lowest BCUT2D eigenvalue weighted by molar-refractivity contribution is 0.0803. The van der Waals surface area contributed by atoms with E-state index in [9.17, 15) is 5.11 Å². The van der Waals surface area contributed by atoms with Crippen molar-refractivity contribution in [3.63, 3.8) is 0 Å². The second-order valence-corrected chi connectivity index (χ2v) is 3.47. The molecule has 0 aromatic carbocycles. The van der Waals surface area contributed by atoms with Crippen molar-refractivity contribution < 1.29 is 5.11 Å². The molecule has 1 rings (SSSR count). The minimum atomic E-state index is -0.541. The molecule has 0 fully saturated rings. The normalized spacial score (nSPS) is 31.4. The summed E-state index contributed by atoms with van der Waals surface area (Å²) >= 11 is 0. The Bertz CT molecular complexity index is 191. The highest BCUT2D eigenvalue weighted by atomic mass is 16.3. The fourth-order valence-corrected chi connectivity index (χ4v) is 1.55. The molecule has 0 saturated carbocycles. The summed E-state index contributed by atoms with van der Waals surface area (Å²) in [6.45, 7) is 7.80. The Morgan fingerprint density at radius 2 is 2.36 bits per heavy atom. The first-order chi connectivity index (χ1) is 5.11. The largest absolute Gasteiger partial charge is 0.228 e. The zero-order valence-corrected chi connectivity index (χ0v) is 7.26. The van der Waals surface area contributed by atoms with E-state index >= 15 is 0 Å². The molecule has 0 spiro atoms. The lowest BCUT2D eigenvalue weighted by Gasteiger charge is -2.24. The van der Waals surface area contributed by atoms with Gasteiger partial charge in [0.25, 0.3) is 0 Å². The highest BCUT2D eigenvalue weighted by molar-refractivity contribution is 5.14. The average molecular weight is 151 g/mol. The summed E-state index contributed by atoms with van der Waals surface area (Å²) in [6, 6.07) is 0. The molecule has 1 aliphatic rings. The van der Waals surface area contributed by atoms with Gasteiger partial charge < -0.3 is 0 Å². The van der Waals surface area contributed by atoms with E-state index in [-0.39, 0.29) is 5.92 Å². The molecule has 1 radical (unpaired) electrons. The highest BCUT2D eigenvalue weighted by Gasteiger charge is 2.22. The first-order valence-electron chi connectivity index (χ1n) is 4.10. The van der Waals surface area contributed by atoms with Crippen molar-refractivity contribution in [1.29, 1.82) is 0 Å². The van der Waals surface area contributed by atoms with E-state index in [1.54, 1.807) is 0 Å². The zero-order chi connectivity index (χ0) is 8.43. The Labute approximate surface area is 68.4 Å². The SMILES string of the molecule is C=C(C)C1CCC(C)=CC1[O]. The molecule has 0 amide bonds. The van der Waals surface area contributed by atoms with Gasteiger partial charge in [-0.25, -0.2) is 5.11 Å². The van der Waals surface area contributed by atoms with Crippen LogP contribution in [-0.2, 0) is 5.11 Å². The molecule has 1 heteroatoms. The number of hydrogen-bond donors (Lipinski definition) is 0. The third-order valence-corrected chi connectivity index (χ3v) is 2.33. The van der Waals surface area contributed by atoms with Gasteiger partial charge in [0.1, 0.15) is 6.10 Å². The van der Waals surface area contributed by atoms with Gasteiger partial charge in [-0.3, -0.25) is 0 Å². The van der Waals surface area contributed by atoms with E-state index in [2.05, 4.69) is 6.58 Å². The van der Waals surface area contributed by atoms with Crippen LogP contribution in [0.4, 0.5) is 0 Å². The molecule has 0 aromatic heterocycles. The minimum Gasteiger partial charge on any atom is -0.228 e. The van der Waals surface area contributed by atoms with Crippen LogP contribution in [0.25, 0.3) is 0 Å². The quantitative estimate of drug-likeness (QED) is 0.513. The molecule has 11 heavy (non-hydrogen) atoms. The second-order valence-electron chi connectivity index (χ2n) is 3.47. The Balaban J connectivity index is 2.68. The van der Waals surface area contributed by atoms with Crippen molar-refractivity contribution in [2.75, 3.05) is 0 Å². The Morgan fingerprint density at radius 3 is 2.82 bits per heavy atom. The van der Waals surface area contributed by atoms with Gasteiger partial charge in [-0.2, -0.15) is 0 Å². The zero-order valence-electron chi connectivity index (χ0n) is 7.26. The average Bonchev–Trinajstić information content (AvgIpc) is 1.85. The van der Waals surface area contributed by atoms with E-state index in [0.717, 1.165) is 18.4 Å². The second kappa shape index (κ2) is 3.22. The van der Waals surface area contributed by atoms with E-state index in [4.69, 9.17) is 0 Å². The summed E-state index contributed by atoms with van der Waals surface area (Å²) in [5.41, 5.74) is 2.27. The molecule has 2 unspecified atom stereocenters. The van der Waals surface area contributed by atoms with Crippen molar-refractivity contribution in [1.82, 2.24) is 0 Å². The third-order valence-electron chi connectivity index (χ3n) is 2.33. The van der Waals surface area contributed by atoms with Gasteiger partial charge in [-0.05, 0) is 26.7 Å². The summed E-state index contributed by atoms with van der Waals surface area (Å²) in [5.74, 6) is 0.179. The summed E-state index contributed by atoms with van der Waals surface area (Å²) in [7, 11) is 0. The van der Waals surface area contributed by atoms with Crippen LogP contribution in [0.15, 0.2) is 23.8 Å². The maximum atomic E-state index is 11.4. The van der Waals surface area contributed by atoms with Crippen molar-refractivity contribution >= 4 is 0 Å². The predicted molar refractivity (Wildman–Crippen MR) is 45.8 cm³/mol. The monoisotopic (exact) mass is 151 g/mol. The number of allylic oxidation sites excluding steroid dienone is 1. The Kier molecular flexibility index (Phi) is 2.50. The van der Waals surface area contributed by atoms with Gasteiger partial charge in [0, 0.05) is 5.92 Å². The van der Waals surface area contributed by atoms with Crippen LogP contribution in [0.1, 0.15) is 26.7 Å². The first-order valence-corrected chi connectivity index (χ1v) is 4.10. The fraction of sp³-hybridized carbons (Fsp3) is 0.600. The van der Waals surface area contributed by atoms with Gasteiger partial charge >= 0.3 is 0 Å². The topological polar surface area (TPSA) is 19.9 Å². The summed E-state index contributed by atoms with van der Waals surface area (Å²) < 4.78 is 0. The Hall–Kier alpha value is -0.560. The highest BCUT2D eigenvalue weighted by Crippen LogP contribution is 2.28. The molecule has 0 heterocycles. The lowest BCUT2D eigenvalue weighted by atomic mass is 9.84. The fourth-order valence-electron chi connectivity index (χ4n) is 1.55. The van der Waals surface area contributed by atoms with Crippen LogP contribution < -0.4 is 0 Å². The van der Waals surface area contributed by atoms with Crippen molar-refractivity contribution in [2.45, 2.75) is 32.8 Å². The van der Waals surface area contributed by atoms with Crippen LogP contribution in [0, 0.1) is 5.92 Å². The van der Waals surface area contributed by atoms with Gasteiger partial charge in [-0.1, -0.05) is 23.8 Å². The van der Waals surface area contributed by atoms with Gasteiger partial charge in [0.15, 0.2) is 0 Å². The maximum Gasteiger partial charge on any atom is 0.118 e. The van der Waals surface area contributed by atoms with Crippen molar-refractivity contribution in [3.05, 3.63) is 23.8 Å².